The van der Waals surface area contributed by atoms with Crippen LogP contribution >= 0.6 is 11.3 Å². The number of aromatic nitrogens is 2. The summed E-state index contributed by atoms with van der Waals surface area (Å²) < 4.78 is 0. The van der Waals surface area contributed by atoms with Crippen molar-refractivity contribution >= 4 is 45.6 Å². The van der Waals surface area contributed by atoms with Crippen molar-refractivity contribution in [2.75, 3.05) is 22.1 Å². The van der Waals surface area contributed by atoms with Gasteiger partial charge >= 0.3 is 0 Å². The van der Waals surface area contributed by atoms with Crippen LogP contribution in [0.4, 0.5) is 16.5 Å². The molecule has 3 amide bonds. The van der Waals surface area contributed by atoms with Crippen molar-refractivity contribution in [3.05, 3.63) is 64.2 Å². The third kappa shape index (κ3) is 4.83. The summed E-state index contributed by atoms with van der Waals surface area (Å²) in [6, 6.07) is 12.7. The molecule has 1 atom stereocenters. The molecule has 1 saturated heterocycles. The number of benzene rings is 2. The van der Waals surface area contributed by atoms with Gasteiger partial charge in [-0.25, -0.2) is 0 Å². The lowest BCUT2D eigenvalue weighted by atomic mass is 10.1. The number of amides is 3. The highest BCUT2D eigenvalue weighted by Crippen LogP contribution is 2.35. The molecule has 3 aromatic rings. The van der Waals surface area contributed by atoms with Crippen molar-refractivity contribution in [2.24, 2.45) is 0 Å². The molecule has 0 saturated carbocycles. The Bertz CT molecular complexity index is 1170. The number of anilines is 3. The van der Waals surface area contributed by atoms with E-state index in [1.54, 1.807) is 29.2 Å². The molecule has 0 spiro atoms. The molecule has 2 aromatic carbocycles. The molecule has 2 N–H and O–H groups in total. The van der Waals surface area contributed by atoms with Gasteiger partial charge in [-0.3, -0.25) is 19.7 Å². The Morgan fingerprint density at radius 3 is 2.38 bits per heavy atom. The standard InChI is InChI=1S/C23H23N5O3S/c1-13-8-14(2)10-19(9-13)28-12-17(11-20(28)30)22-26-27-23(32-22)25-21(31)16-4-6-18(7-5-16)24-15(3)29/h4-10,17H,11-12H2,1-3H3,(H,24,29)(H,25,27,31). The highest BCUT2D eigenvalue weighted by Gasteiger charge is 2.34. The summed E-state index contributed by atoms with van der Waals surface area (Å²) in [5.74, 6) is -0.505. The minimum atomic E-state index is -0.318. The van der Waals surface area contributed by atoms with Gasteiger partial charge in [0, 0.05) is 42.7 Å². The molecule has 1 aliphatic rings. The minimum Gasteiger partial charge on any atom is -0.326 e. The Balaban J connectivity index is 1.42. The molecule has 1 fully saturated rings. The van der Waals surface area contributed by atoms with Gasteiger partial charge < -0.3 is 10.2 Å². The van der Waals surface area contributed by atoms with E-state index < -0.39 is 0 Å². The first-order valence-electron chi connectivity index (χ1n) is 10.2. The SMILES string of the molecule is CC(=O)Nc1ccc(C(=O)Nc2nnc(C3CC(=O)N(c4cc(C)cc(C)c4)C3)s2)cc1. The number of aryl methyl sites for hydroxylation is 2. The van der Waals surface area contributed by atoms with Gasteiger partial charge in [-0.05, 0) is 61.4 Å². The predicted molar refractivity (Wildman–Crippen MR) is 124 cm³/mol. The first-order chi connectivity index (χ1) is 15.3. The maximum atomic E-state index is 12.6. The van der Waals surface area contributed by atoms with Gasteiger partial charge in [-0.1, -0.05) is 17.4 Å². The molecular formula is C23H23N5O3S. The Morgan fingerprint density at radius 2 is 1.72 bits per heavy atom. The van der Waals surface area contributed by atoms with Gasteiger partial charge in [0.05, 0.1) is 0 Å². The topological polar surface area (TPSA) is 104 Å². The van der Waals surface area contributed by atoms with Crippen molar-refractivity contribution in [2.45, 2.75) is 33.1 Å². The molecule has 164 valence electrons. The fraction of sp³-hybridized carbons (Fsp3) is 0.261. The molecule has 1 aliphatic heterocycles. The molecule has 32 heavy (non-hydrogen) atoms. The first-order valence-corrected chi connectivity index (χ1v) is 11.0. The lowest BCUT2D eigenvalue weighted by molar-refractivity contribution is -0.117. The summed E-state index contributed by atoms with van der Waals surface area (Å²) in [5, 5.41) is 14.8. The molecule has 2 heterocycles. The summed E-state index contributed by atoms with van der Waals surface area (Å²) in [5.41, 5.74) is 4.18. The molecule has 1 unspecified atom stereocenters. The molecule has 0 radical (unpaired) electrons. The van der Waals surface area contributed by atoms with Gasteiger partial charge in [-0.2, -0.15) is 0 Å². The number of nitrogens with one attached hydrogen (secondary N) is 2. The van der Waals surface area contributed by atoms with Gasteiger partial charge in [0.15, 0.2) is 0 Å². The summed E-state index contributed by atoms with van der Waals surface area (Å²) in [6.07, 6.45) is 0.361. The van der Waals surface area contributed by atoms with Crippen LogP contribution < -0.4 is 15.5 Å². The van der Waals surface area contributed by atoms with E-state index in [1.807, 2.05) is 26.0 Å². The third-order valence-corrected chi connectivity index (χ3v) is 6.12. The lowest BCUT2D eigenvalue weighted by Gasteiger charge is -2.17. The average molecular weight is 450 g/mol. The quantitative estimate of drug-likeness (QED) is 0.615. The Hall–Kier alpha value is -3.59. The van der Waals surface area contributed by atoms with Crippen LogP contribution in [0.2, 0.25) is 0 Å². The molecule has 1 aromatic heterocycles. The van der Waals surface area contributed by atoms with Crippen molar-refractivity contribution < 1.29 is 14.4 Å². The van der Waals surface area contributed by atoms with Gasteiger partial charge in [-0.15, -0.1) is 10.2 Å². The monoisotopic (exact) mass is 449 g/mol. The second-order valence-corrected chi connectivity index (χ2v) is 8.92. The summed E-state index contributed by atoms with van der Waals surface area (Å²) >= 11 is 1.28. The van der Waals surface area contributed by atoms with Crippen molar-refractivity contribution in [3.8, 4) is 0 Å². The molecule has 0 aliphatic carbocycles. The second kappa shape index (κ2) is 8.88. The van der Waals surface area contributed by atoms with Crippen molar-refractivity contribution in [1.82, 2.24) is 10.2 Å². The normalized spacial score (nSPS) is 15.7. The fourth-order valence-corrected chi connectivity index (χ4v) is 4.59. The number of nitrogens with zero attached hydrogens (tertiary/aromatic N) is 3. The Morgan fingerprint density at radius 1 is 1.03 bits per heavy atom. The number of hydrogen-bond acceptors (Lipinski definition) is 6. The van der Waals surface area contributed by atoms with Crippen molar-refractivity contribution in [1.29, 1.82) is 0 Å². The predicted octanol–water partition coefficient (Wildman–Crippen LogP) is 3.89. The minimum absolute atomic E-state index is 0.0556. The van der Waals surface area contributed by atoms with E-state index in [9.17, 15) is 14.4 Å². The van der Waals surface area contributed by atoms with Crippen LogP contribution in [0.25, 0.3) is 0 Å². The van der Waals surface area contributed by atoms with Crippen molar-refractivity contribution in [3.63, 3.8) is 0 Å². The van der Waals surface area contributed by atoms with Crippen LogP contribution in [0.3, 0.4) is 0 Å². The van der Waals surface area contributed by atoms with E-state index in [2.05, 4.69) is 26.9 Å². The maximum absolute atomic E-state index is 12.6. The van der Waals surface area contributed by atoms with Crippen LogP contribution in [0.1, 0.15) is 45.8 Å². The van der Waals surface area contributed by atoms with E-state index >= 15 is 0 Å². The third-order valence-electron chi connectivity index (χ3n) is 5.12. The molecule has 0 bridgehead atoms. The van der Waals surface area contributed by atoms with Gasteiger partial charge in [0.2, 0.25) is 16.9 Å². The van der Waals surface area contributed by atoms with Crippen LogP contribution in [-0.4, -0.2) is 34.5 Å². The van der Waals surface area contributed by atoms with E-state index in [1.165, 1.54) is 18.3 Å². The summed E-state index contributed by atoms with van der Waals surface area (Å²) in [4.78, 5) is 38.0. The van der Waals surface area contributed by atoms with E-state index in [0.717, 1.165) is 21.8 Å². The molecular weight excluding hydrogens is 426 g/mol. The first kappa shape index (κ1) is 21.6. The number of carbonyl (C=O) groups excluding carboxylic acids is 3. The Kier molecular flexibility index (Phi) is 6.00. The van der Waals surface area contributed by atoms with E-state index in [-0.39, 0.29) is 23.6 Å². The van der Waals surface area contributed by atoms with Gasteiger partial charge in [0.1, 0.15) is 5.01 Å². The number of hydrogen-bond donors (Lipinski definition) is 2. The summed E-state index contributed by atoms with van der Waals surface area (Å²) in [6.45, 7) is 5.99. The van der Waals surface area contributed by atoms with Crippen LogP contribution in [0.5, 0.6) is 0 Å². The fourth-order valence-electron chi connectivity index (χ4n) is 3.76. The average Bonchev–Trinajstić information content (AvgIpc) is 3.34. The zero-order valence-corrected chi connectivity index (χ0v) is 18.8. The maximum Gasteiger partial charge on any atom is 0.257 e. The zero-order chi connectivity index (χ0) is 22.8. The van der Waals surface area contributed by atoms with Crippen LogP contribution in [0, 0.1) is 13.8 Å². The molecule has 8 nitrogen and oxygen atoms in total. The lowest BCUT2D eigenvalue weighted by Crippen LogP contribution is -2.24. The zero-order valence-electron chi connectivity index (χ0n) is 18.0. The highest BCUT2D eigenvalue weighted by molar-refractivity contribution is 7.15. The number of carbonyl (C=O) groups is 3. The molecule has 4 rings (SSSR count). The summed E-state index contributed by atoms with van der Waals surface area (Å²) in [7, 11) is 0. The smallest absolute Gasteiger partial charge is 0.257 e. The van der Waals surface area contributed by atoms with Gasteiger partial charge in [0.25, 0.3) is 5.91 Å². The Labute approximate surface area is 189 Å². The highest BCUT2D eigenvalue weighted by atomic mass is 32.1. The second-order valence-electron chi connectivity index (χ2n) is 7.91. The van der Waals surface area contributed by atoms with E-state index in [0.29, 0.717) is 29.3 Å². The number of rotatable bonds is 5. The van der Waals surface area contributed by atoms with Crippen LogP contribution in [0.15, 0.2) is 42.5 Å². The largest absolute Gasteiger partial charge is 0.326 e. The molecule has 9 heteroatoms. The van der Waals surface area contributed by atoms with Crippen LogP contribution in [-0.2, 0) is 9.59 Å². The van der Waals surface area contributed by atoms with E-state index in [4.69, 9.17) is 0 Å².